The molecule has 2 unspecified atom stereocenters. The number of hydrogen-bond acceptors (Lipinski definition) is 4. The van der Waals surface area contributed by atoms with Crippen LogP contribution in [0.25, 0.3) is 0 Å². The Labute approximate surface area is 88.0 Å². The molecule has 0 saturated heterocycles. The molecule has 0 aliphatic heterocycles. The summed E-state index contributed by atoms with van der Waals surface area (Å²) in [5.41, 5.74) is 1.74. The quantitative estimate of drug-likeness (QED) is 0.663. The Balaban J connectivity index is 3.01. The van der Waals surface area contributed by atoms with E-state index in [-0.39, 0.29) is 0 Å². The van der Waals surface area contributed by atoms with E-state index in [0.29, 0.717) is 16.7 Å². The predicted molar refractivity (Wildman–Crippen MR) is 53.9 cm³/mol. The van der Waals surface area contributed by atoms with Gasteiger partial charge in [-0.05, 0) is 30.2 Å². The van der Waals surface area contributed by atoms with Crippen LogP contribution in [0.5, 0.6) is 0 Å². The number of aryl methyl sites for hydroxylation is 1. The van der Waals surface area contributed by atoms with E-state index in [9.17, 15) is 10.2 Å². The zero-order chi connectivity index (χ0) is 11.4. The highest BCUT2D eigenvalue weighted by atomic mass is 16.4. The van der Waals surface area contributed by atoms with Crippen LogP contribution in [0.15, 0.2) is 18.2 Å². The van der Waals surface area contributed by atoms with Crippen LogP contribution in [0.3, 0.4) is 0 Å². The van der Waals surface area contributed by atoms with E-state index in [0.717, 1.165) is 0 Å². The molecule has 4 heteroatoms. The maximum atomic E-state index is 9.64. The molecule has 0 radical (unpaired) electrons. The lowest BCUT2D eigenvalue weighted by molar-refractivity contribution is -0.0155. The van der Waals surface area contributed by atoms with E-state index in [2.05, 4.69) is 0 Å². The minimum Gasteiger partial charge on any atom is -0.394 e. The van der Waals surface area contributed by atoms with Crippen molar-refractivity contribution in [3.63, 3.8) is 0 Å². The topological polar surface area (TPSA) is 84.5 Å². The van der Waals surface area contributed by atoms with Crippen molar-refractivity contribution >= 4 is 0 Å². The highest BCUT2D eigenvalue weighted by molar-refractivity contribution is 5.38. The average molecular weight is 207 g/mol. The van der Waals surface area contributed by atoms with Gasteiger partial charge in [0.1, 0.15) is 12.2 Å². The standard InChI is InChI=1S/C11H13NO3/c1-7-4-8(5-12)2-3-9(7)11(15)10(14)6-13/h2-4,10-11,13-15H,6H2,1H3. The molecule has 4 nitrogen and oxygen atoms in total. The molecule has 80 valence electrons. The zero-order valence-electron chi connectivity index (χ0n) is 8.38. The first-order valence-corrected chi connectivity index (χ1v) is 4.57. The van der Waals surface area contributed by atoms with Crippen LogP contribution >= 0.6 is 0 Å². The summed E-state index contributed by atoms with van der Waals surface area (Å²) in [5.74, 6) is 0. The number of aliphatic hydroxyl groups excluding tert-OH is 3. The largest absolute Gasteiger partial charge is 0.394 e. The van der Waals surface area contributed by atoms with Gasteiger partial charge < -0.3 is 15.3 Å². The lowest BCUT2D eigenvalue weighted by atomic mass is 9.98. The van der Waals surface area contributed by atoms with Gasteiger partial charge in [0.2, 0.25) is 0 Å². The average Bonchev–Trinajstić information content (AvgIpc) is 2.26. The van der Waals surface area contributed by atoms with Gasteiger partial charge in [-0.1, -0.05) is 6.07 Å². The first-order chi connectivity index (χ1) is 7.10. The van der Waals surface area contributed by atoms with Gasteiger partial charge in [0, 0.05) is 0 Å². The Kier molecular flexibility index (Phi) is 3.81. The van der Waals surface area contributed by atoms with Crippen molar-refractivity contribution in [3.8, 4) is 6.07 Å². The van der Waals surface area contributed by atoms with Crippen molar-refractivity contribution in [1.29, 1.82) is 5.26 Å². The molecule has 0 heterocycles. The van der Waals surface area contributed by atoms with E-state index >= 15 is 0 Å². The van der Waals surface area contributed by atoms with Gasteiger partial charge in [0.25, 0.3) is 0 Å². The fraction of sp³-hybridized carbons (Fsp3) is 0.364. The van der Waals surface area contributed by atoms with Gasteiger partial charge in [-0.2, -0.15) is 5.26 Å². The summed E-state index contributed by atoms with van der Waals surface area (Å²) in [4.78, 5) is 0. The molecule has 0 bridgehead atoms. The van der Waals surface area contributed by atoms with Crippen molar-refractivity contribution in [1.82, 2.24) is 0 Å². The molecule has 0 saturated carbocycles. The highest BCUT2D eigenvalue weighted by Crippen LogP contribution is 2.21. The molecule has 0 amide bonds. The van der Waals surface area contributed by atoms with E-state index in [4.69, 9.17) is 10.4 Å². The Bertz CT molecular complexity index is 384. The van der Waals surface area contributed by atoms with Crippen molar-refractivity contribution in [3.05, 3.63) is 34.9 Å². The van der Waals surface area contributed by atoms with Gasteiger partial charge >= 0.3 is 0 Å². The van der Waals surface area contributed by atoms with Crippen LogP contribution in [-0.4, -0.2) is 28.0 Å². The smallest absolute Gasteiger partial charge is 0.107 e. The summed E-state index contributed by atoms with van der Waals surface area (Å²) >= 11 is 0. The van der Waals surface area contributed by atoms with Crippen LogP contribution in [0.4, 0.5) is 0 Å². The first kappa shape index (κ1) is 11.7. The minimum atomic E-state index is -1.20. The number of benzene rings is 1. The molecule has 0 aliphatic carbocycles. The van der Waals surface area contributed by atoms with Crippen LogP contribution in [0.2, 0.25) is 0 Å². The Morgan fingerprint density at radius 2 is 2.07 bits per heavy atom. The number of nitrogens with zero attached hydrogens (tertiary/aromatic N) is 1. The summed E-state index contributed by atoms with van der Waals surface area (Å²) in [6, 6.07) is 6.76. The van der Waals surface area contributed by atoms with Gasteiger partial charge in [0.15, 0.2) is 0 Å². The maximum absolute atomic E-state index is 9.64. The molecular weight excluding hydrogens is 194 g/mol. The summed E-state index contributed by atoms with van der Waals surface area (Å²) in [6.07, 6.45) is -2.32. The Morgan fingerprint density at radius 1 is 1.40 bits per heavy atom. The van der Waals surface area contributed by atoms with E-state index in [1.807, 2.05) is 6.07 Å². The van der Waals surface area contributed by atoms with Crippen LogP contribution < -0.4 is 0 Å². The summed E-state index contributed by atoms with van der Waals surface area (Å²) in [7, 11) is 0. The van der Waals surface area contributed by atoms with Crippen molar-refractivity contribution < 1.29 is 15.3 Å². The van der Waals surface area contributed by atoms with Crippen molar-refractivity contribution in [2.45, 2.75) is 19.1 Å². The molecule has 0 spiro atoms. The maximum Gasteiger partial charge on any atom is 0.107 e. The van der Waals surface area contributed by atoms with Crippen molar-refractivity contribution in [2.24, 2.45) is 0 Å². The van der Waals surface area contributed by atoms with E-state index in [1.165, 1.54) is 0 Å². The second kappa shape index (κ2) is 4.89. The summed E-state index contributed by atoms with van der Waals surface area (Å²) in [6.45, 7) is 1.24. The van der Waals surface area contributed by atoms with Gasteiger partial charge in [-0.15, -0.1) is 0 Å². The van der Waals surface area contributed by atoms with E-state index < -0.39 is 18.8 Å². The van der Waals surface area contributed by atoms with Crippen LogP contribution in [-0.2, 0) is 0 Å². The molecule has 2 atom stereocenters. The van der Waals surface area contributed by atoms with Gasteiger partial charge in [-0.3, -0.25) is 0 Å². The molecule has 0 fully saturated rings. The minimum absolute atomic E-state index is 0.499. The second-order valence-electron chi connectivity index (χ2n) is 3.38. The second-order valence-corrected chi connectivity index (χ2v) is 3.38. The van der Waals surface area contributed by atoms with Crippen LogP contribution in [0.1, 0.15) is 22.8 Å². The molecule has 1 aromatic rings. The molecule has 1 rings (SSSR count). The molecule has 3 N–H and O–H groups in total. The third kappa shape index (κ3) is 2.54. The highest BCUT2D eigenvalue weighted by Gasteiger charge is 2.19. The van der Waals surface area contributed by atoms with Gasteiger partial charge in [-0.25, -0.2) is 0 Å². The lowest BCUT2D eigenvalue weighted by Gasteiger charge is -2.17. The molecule has 0 aliphatic rings. The molecule has 15 heavy (non-hydrogen) atoms. The number of aliphatic hydroxyl groups is 3. The SMILES string of the molecule is Cc1cc(C#N)ccc1C(O)C(O)CO. The molecular formula is C11H13NO3. The fourth-order valence-electron chi connectivity index (χ4n) is 1.38. The van der Waals surface area contributed by atoms with Gasteiger partial charge in [0.05, 0.1) is 18.2 Å². The Morgan fingerprint density at radius 3 is 2.53 bits per heavy atom. The summed E-state index contributed by atoms with van der Waals surface area (Å²) in [5, 5.41) is 36.2. The lowest BCUT2D eigenvalue weighted by Crippen LogP contribution is -2.22. The van der Waals surface area contributed by atoms with E-state index in [1.54, 1.807) is 25.1 Å². The number of rotatable bonds is 3. The third-order valence-corrected chi connectivity index (χ3v) is 2.27. The Hall–Kier alpha value is -1.41. The van der Waals surface area contributed by atoms with Crippen LogP contribution in [0, 0.1) is 18.3 Å². The third-order valence-electron chi connectivity index (χ3n) is 2.27. The normalized spacial score (nSPS) is 14.3. The molecule has 0 aromatic heterocycles. The fourth-order valence-corrected chi connectivity index (χ4v) is 1.38. The van der Waals surface area contributed by atoms with Crippen molar-refractivity contribution in [2.75, 3.05) is 6.61 Å². The predicted octanol–water partition coefficient (Wildman–Crippen LogP) is 0.253. The zero-order valence-corrected chi connectivity index (χ0v) is 8.38. The summed E-state index contributed by atoms with van der Waals surface area (Å²) < 4.78 is 0. The number of nitriles is 1. The monoisotopic (exact) mass is 207 g/mol. The number of hydrogen-bond donors (Lipinski definition) is 3. The first-order valence-electron chi connectivity index (χ1n) is 4.57. The molecule has 1 aromatic carbocycles.